The van der Waals surface area contributed by atoms with E-state index in [1.54, 1.807) is 4.90 Å². The summed E-state index contributed by atoms with van der Waals surface area (Å²) in [6, 6.07) is 4.94. The Bertz CT molecular complexity index is 744. The molecule has 3 amide bonds. The number of nitrogens with one attached hydrogen (secondary N) is 1. The number of carbonyl (C=O) groups is 2. The number of urea groups is 1. The van der Waals surface area contributed by atoms with Gasteiger partial charge in [0.25, 0.3) is 0 Å². The number of nitrogens with zero attached hydrogens (tertiary/aromatic N) is 2. The molecule has 1 aromatic carbocycles. The number of amides is 3. The van der Waals surface area contributed by atoms with Crippen LogP contribution in [-0.2, 0) is 4.79 Å². The molecular formula is C19H24F3N3O3. The van der Waals surface area contributed by atoms with E-state index in [1.807, 2.05) is 20.8 Å². The summed E-state index contributed by atoms with van der Waals surface area (Å²) in [5, 5.41) is 2.99. The quantitative estimate of drug-likeness (QED) is 0.843. The zero-order chi connectivity index (χ0) is 20.7. The van der Waals surface area contributed by atoms with Crippen LogP contribution in [0.5, 0.6) is 5.75 Å². The number of halogens is 3. The van der Waals surface area contributed by atoms with Gasteiger partial charge in [0, 0.05) is 31.2 Å². The second-order valence-corrected chi connectivity index (χ2v) is 8.48. The van der Waals surface area contributed by atoms with Crippen LogP contribution in [0, 0.1) is 5.41 Å². The molecule has 0 spiro atoms. The van der Waals surface area contributed by atoms with Crippen LogP contribution in [-0.4, -0.2) is 48.4 Å². The maximum Gasteiger partial charge on any atom is 0.573 e. The zero-order valence-electron chi connectivity index (χ0n) is 16.0. The molecule has 0 saturated carbocycles. The van der Waals surface area contributed by atoms with E-state index in [2.05, 4.69) is 10.1 Å². The number of carbonyl (C=O) groups excluding carboxylic acids is 2. The van der Waals surface area contributed by atoms with Gasteiger partial charge >= 0.3 is 12.4 Å². The van der Waals surface area contributed by atoms with Crippen molar-refractivity contribution in [2.75, 3.05) is 18.0 Å². The maximum absolute atomic E-state index is 12.7. The summed E-state index contributed by atoms with van der Waals surface area (Å²) < 4.78 is 40.6. The van der Waals surface area contributed by atoms with E-state index in [9.17, 15) is 22.8 Å². The molecular weight excluding hydrogens is 375 g/mol. The molecule has 2 unspecified atom stereocenters. The van der Waals surface area contributed by atoms with Gasteiger partial charge in [-0.1, -0.05) is 20.8 Å². The number of hydrogen-bond donors (Lipinski definition) is 1. The molecule has 154 valence electrons. The van der Waals surface area contributed by atoms with E-state index in [4.69, 9.17) is 0 Å². The van der Waals surface area contributed by atoms with Gasteiger partial charge in [0.2, 0.25) is 5.91 Å². The average Bonchev–Trinajstić information content (AvgIpc) is 3.04. The second-order valence-electron chi connectivity index (χ2n) is 8.48. The average molecular weight is 399 g/mol. The van der Waals surface area contributed by atoms with Gasteiger partial charge in [0.05, 0.1) is 6.04 Å². The Labute approximate surface area is 161 Å². The molecule has 28 heavy (non-hydrogen) atoms. The first-order valence-corrected chi connectivity index (χ1v) is 9.15. The van der Waals surface area contributed by atoms with Gasteiger partial charge in [-0.2, -0.15) is 0 Å². The van der Waals surface area contributed by atoms with Gasteiger partial charge in [-0.05, 0) is 36.1 Å². The molecule has 1 aromatic rings. The molecule has 0 aromatic heterocycles. The minimum absolute atomic E-state index is 0.0248. The third kappa shape index (κ3) is 4.88. The fourth-order valence-corrected chi connectivity index (χ4v) is 3.68. The molecule has 2 fully saturated rings. The number of anilines is 1. The molecule has 0 radical (unpaired) electrons. The van der Waals surface area contributed by atoms with Crippen molar-refractivity contribution in [1.29, 1.82) is 0 Å². The molecule has 0 aliphatic carbocycles. The Morgan fingerprint density at radius 2 is 1.82 bits per heavy atom. The van der Waals surface area contributed by atoms with Crippen molar-refractivity contribution >= 4 is 17.6 Å². The Morgan fingerprint density at radius 3 is 2.36 bits per heavy atom. The number of benzene rings is 1. The van der Waals surface area contributed by atoms with Crippen molar-refractivity contribution in [2.24, 2.45) is 5.41 Å². The van der Waals surface area contributed by atoms with Gasteiger partial charge in [0.15, 0.2) is 0 Å². The van der Waals surface area contributed by atoms with E-state index in [-0.39, 0.29) is 35.2 Å². The van der Waals surface area contributed by atoms with Crippen LogP contribution in [0.1, 0.15) is 33.6 Å². The molecule has 1 N–H and O–H groups in total. The monoisotopic (exact) mass is 399 g/mol. The SMILES string of the molecule is CC(C)(C)CC(=O)NC1CC2CN(c3ccc(OC(F)(F)F)cc3)C(=O)N2C1. The van der Waals surface area contributed by atoms with Crippen LogP contribution in [0.2, 0.25) is 0 Å². The van der Waals surface area contributed by atoms with Gasteiger partial charge < -0.3 is 15.0 Å². The highest BCUT2D eigenvalue weighted by atomic mass is 19.4. The predicted octanol–water partition coefficient (Wildman–Crippen LogP) is 3.52. The van der Waals surface area contributed by atoms with Gasteiger partial charge in [-0.15, -0.1) is 13.2 Å². The van der Waals surface area contributed by atoms with Crippen molar-refractivity contribution in [1.82, 2.24) is 10.2 Å². The summed E-state index contributed by atoms with van der Waals surface area (Å²) >= 11 is 0. The maximum atomic E-state index is 12.7. The Hall–Kier alpha value is -2.45. The molecule has 2 heterocycles. The lowest BCUT2D eigenvalue weighted by Gasteiger charge is -2.22. The first kappa shape index (κ1) is 20.3. The van der Waals surface area contributed by atoms with Crippen molar-refractivity contribution in [3.8, 4) is 5.75 Å². The number of hydrogen-bond acceptors (Lipinski definition) is 3. The highest BCUT2D eigenvalue weighted by Gasteiger charge is 2.45. The summed E-state index contributed by atoms with van der Waals surface area (Å²) in [6.45, 7) is 6.85. The number of fused-ring (bicyclic) bond motifs is 1. The lowest BCUT2D eigenvalue weighted by atomic mass is 9.92. The zero-order valence-corrected chi connectivity index (χ0v) is 16.0. The summed E-state index contributed by atoms with van der Waals surface area (Å²) in [4.78, 5) is 28.1. The number of rotatable bonds is 4. The van der Waals surface area contributed by atoms with Crippen molar-refractivity contribution in [3.63, 3.8) is 0 Å². The summed E-state index contributed by atoms with van der Waals surface area (Å²) in [5.41, 5.74) is 0.412. The Kier molecular flexibility index (Phi) is 5.20. The molecule has 2 atom stereocenters. The van der Waals surface area contributed by atoms with E-state index >= 15 is 0 Å². The lowest BCUT2D eigenvalue weighted by molar-refractivity contribution is -0.274. The summed E-state index contributed by atoms with van der Waals surface area (Å²) in [5.74, 6) is -0.353. The second kappa shape index (κ2) is 7.18. The van der Waals surface area contributed by atoms with E-state index in [0.29, 0.717) is 31.6 Å². The van der Waals surface area contributed by atoms with Crippen LogP contribution < -0.4 is 15.0 Å². The molecule has 0 bridgehead atoms. The van der Waals surface area contributed by atoms with Crippen LogP contribution in [0.3, 0.4) is 0 Å². The largest absolute Gasteiger partial charge is 0.573 e. The normalized spacial score (nSPS) is 22.4. The predicted molar refractivity (Wildman–Crippen MR) is 97.0 cm³/mol. The smallest absolute Gasteiger partial charge is 0.406 e. The number of alkyl halides is 3. The fraction of sp³-hybridized carbons (Fsp3) is 0.579. The van der Waals surface area contributed by atoms with Crippen molar-refractivity contribution in [2.45, 2.75) is 52.1 Å². The number of ether oxygens (including phenoxy) is 1. The standard InChI is InChI=1S/C19H24F3N3O3/c1-18(2,3)9-16(26)23-12-8-14-11-25(17(27)24(14)10-12)13-4-6-15(7-5-13)28-19(20,21)22/h4-7,12,14H,8-11H2,1-3H3,(H,23,26). The van der Waals surface area contributed by atoms with E-state index in [1.165, 1.54) is 29.2 Å². The van der Waals surface area contributed by atoms with Crippen LogP contribution in [0.4, 0.5) is 23.7 Å². The van der Waals surface area contributed by atoms with Crippen molar-refractivity contribution in [3.05, 3.63) is 24.3 Å². The van der Waals surface area contributed by atoms with Gasteiger partial charge in [-0.3, -0.25) is 9.69 Å². The van der Waals surface area contributed by atoms with Crippen LogP contribution >= 0.6 is 0 Å². The Morgan fingerprint density at radius 1 is 1.18 bits per heavy atom. The third-order valence-corrected chi connectivity index (χ3v) is 4.72. The van der Waals surface area contributed by atoms with E-state index < -0.39 is 6.36 Å². The first-order valence-electron chi connectivity index (χ1n) is 9.15. The minimum Gasteiger partial charge on any atom is -0.406 e. The first-order chi connectivity index (χ1) is 12.9. The summed E-state index contributed by atoms with van der Waals surface area (Å²) in [7, 11) is 0. The minimum atomic E-state index is -4.75. The van der Waals surface area contributed by atoms with Crippen LogP contribution in [0.25, 0.3) is 0 Å². The van der Waals surface area contributed by atoms with Gasteiger partial charge in [0.1, 0.15) is 5.75 Å². The lowest BCUT2D eigenvalue weighted by Crippen LogP contribution is -2.41. The molecule has 6 nitrogen and oxygen atoms in total. The topological polar surface area (TPSA) is 61.9 Å². The summed E-state index contributed by atoms with van der Waals surface area (Å²) in [6.07, 6.45) is -3.67. The fourth-order valence-electron chi connectivity index (χ4n) is 3.68. The molecule has 2 saturated heterocycles. The van der Waals surface area contributed by atoms with E-state index in [0.717, 1.165) is 0 Å². The molecule has 3 rings (SSSR count). The molecule has 2 aliphatic heterocycles. The van der Waals surface area contributed by atoms with Crippen molar-refractivity contribution < 1.29 is 27.5 Å². The Balaban J connectivity index is 1.58. The van der Waals surface area contributed by atoms with Crippen LogP contribution in [0.15, 0.2) is 24.3 Å². The highest BCUT2D eigenvalue weighted by Crippen LogP contribution is 2.32. The third-order valence-electron chi connectivity index (χ3n) is 4.72. The molecule has 9 heteroatoms. The van der Waals surface area contributed by atoms with Gasteiger partial charge in [-0.25, -0.2) is 4.79 Å². The molecule has 2 aliphatic rings. The highest BCUT2D eigenvalue weighted by molar-refractivity contribution is 5.95.